The minimum absolute atomic E-state index is 0.241. The van der Waals surface area contributed by atoms with Gasteiger partial charge in [0.15, 0.2) is 6.17 Å². The number of unbranched alkanes of at least 4 members (excludes halogenated alkanes) is 6. The quantitative estimate of drug-likeness (QED) is 0.0898. The van der Waals surface area contributed by atoms with Gasteiger partial charge in [0.05, 0.1) is 11.3 Å². The summed E-state index contributed by atoms with van der Waals surface area (Å²) in [6.07, 6.45) is 8.45. The molecule has 0 fully saturated rings. The van der Waals surface area contributed by atoms with Crippen molar-refractivity contribution in [3.63, 3.8) is 0 Å². The van der Waals surface area contributed by atoms with Crippen LogP contribution in [0.4, 0.5) is 8.78 Å². The summed E-state index contributed by atoms with van der Waals surface area (Å²) in [5.41, 5.74) is 4.75. The van der Waals surface area contributed by atoms with Gasteiger partial charge in [0.1, 0.15) is 12.3 Å². The Kier molecular flexibility index (Phi) is 13.8. The molecule has 0 N–H and O–H groups in total. The summed E-state index contributed by atoms with van der Waals surface area (Å²) in [5.74, 6) is -0.730. The highest BCUT2D eigenvalue weighted by Gasteiger charge is 2.29. The van der Waals surface area contributed by atoms with Gasteiger partial charge in [-0.2, -0.15) is 4.89 Å². The number of alkyl halides is 2. The minimum Gasteiger partial charge on any atom is -0.292 e. The average Bonchev–Trinajstić information content (AvgIpc) is 2.99. The first-order valence-corrected chi connectivity index (χ1v) is 14.7. The normalized spacial score (nSPS) is 13.5. The fourth-order valence-corrected chi connectivity index (χ4v) is 4.65. The molecule has 4 nitrogen and oxygen atoms in total. The van der Waals surface area contributed by atoms with Crippen LogP contribution in [0, 0.1) is 0 Å². The van der Waals surface area contributed by atoms with Crippen LogP contribution < -0.4 is 0 Å². The predicted octanol–water partition coefficient (Wildman–Crippen LogP) is 9.22. The number of benzene rings is 2. The van der Waals surface area contributed by atoms with Gasteiger partial charge < -0.3 is 0 Å². The van der Waals surface area contributed by atoms with Crippen molar-refractivity contribution in [3.05, 3.63) is 89.6 Å². The van der Waals surface area contributed by atoms with Gasteiger partial charge in [-0.3, -0.25) is 9.87 Å². The first kappa shape index (κ1) is 31.4. The molecule has 3 aromatic rings. The van der Waals surface area contributed by atoms with Crippen molar-refractivity contribution in [2.45, 2.75) is 103 Å². The predicted molar refractivity (Wildman–Crippen MR) is 157 cm³/mol. The van der Waals surface area contributed by atoms with E-state index in [9.17, 15) is 13.6 Å². The van der Waals surface area contributed by atoms with Gasteiger partial charge in [0.2, 0.25) is 0 Å². The molecule has 0 amide bonds. The summed E-state index contributed by atoms with van der Waals surface area (Å²) in [4.78, 5) is 26.7. The molecule has 3 unspecified atom stereocenters. The molecule has 6 heteroatoms. The standard InChI is InChI=1S/C34H43F2NO3/c1-3-4-5-6-7-9-15-28-21-24-31(37-25-28)29-22-19-27(20-23-29)14-12-13-18-32(33(36)26(2)35)39-40-34(38)30-16-10-8-11-17-30/h8,10-11,16-17,19-26,32-33H,3-7,9,12-15,18H2,1-2H3. The molecule has 0 spiro atoms. The summed E-state index contributed by atoms with van der Waals surface area (Å²) in [5, 5.41) is 0. The van der Waals surface area contributed by atoms with Crippen molar-refractivity contribution < 1.29 is 23.4 Å². The lowest BCUT2D eigenvalue weighted by molar-refractivity contribution is -0.290. The number of halogens is 2. The third-order valence-corrected chi connectivity index (χ3v) is 7.15. The molecule has 3 rings (SSSR count). The highest BCUT2D eigenvalue weighted by molar-refractivity contribution is 5.88. The Morgan fingerprint density at radius 1 is 0.800 bits per heavy atom. The van der Waals surface area contributed by atoms with Crippen LogP contribution in [0.2, 0.25) is 0 Å². The number of carbonyl (C=O) groups is 1. The zero-order valence-electron chi connectivity index (χ0n) is 23.9. The average molecular weight is 552 g/mol. The largest absolute Gasteiger partial charge is 0.373 e. The Balaban J connectivity index is 1.41. The van der Waals surface area contributed by atoms with Crippen molar-refractivity contribution in [1.29, 1.82) is 0 Å². The molecular formula is C34H43F2NO3. The number of nitrogens with zero attached hydrogens (tertiary/aromatic N) is 1. The fourth-order valence-electron chi connectivity index (χ4n) is 4.65. The van der Waals surface area contributed by atoms with Crippen LogP contribution in [0.15, 0.2) is 72.9 Å². The van der Waals surface area contributed by atoms with E-state index in [1.54, 1.807) is 30.3 Å². The van der Waals surface area contributed by atoms with Crippen molar-refractivity contribution in [2.75, 3.05) is 0 Å². The molecule has 0 bridgehead atoms. The van der Waals surface area contributed by atoms with Crippen LogP contribution in [0.1, 0.15) is 93.1 Å². The molecule has 0 aliphatic heterocycles. The molecule has 2 aromatic carbocycles. The van der Waals surface area contributed by atoms with Gasteiger partial charge in [-0.15, -0.1) is 0 Å². The van der Waals surface area contributed by atoms with E-state index in [4.69, 9.17) is 9.78 Å². The number of hydrogen-bond donors (Lipinski definition) is 0. The second kappa shape index (κ2) is 17.5. The first-order valence-electron chi connectivity index (χ1n) is 14.7. The zero-order valence-corrected chi connectivity index (χ0v) is 23.9. The summed E-state index contributed by atoms with van der Waals surface area (Å²) in [6, 6.07) is 20.8. The minimum atomic E-state index is -1.88. The molecule has 0 radical (unpaired) electrons. The van der Waals surface area contributed by atoms with Crippen LogP contribution in [-0.2, 0) is 22.6 Å². The van der Waals surface area contributed by atoms with Gasteiger partial charge in [0, 0.05) is 11.8 Å². The van der Waals surface area contributed by atoms with Crippen LogP contribution in [-0.4, -0.2) is 29.4 Å². The molecule has 216 valence electrons. The Morgan fingerprint density at radius 3 is 2.12 bits per heavy atom. The number of pyridine rings is 1. The van der Waals surface area contributed by atoms with Gasteiger partial charge >= 0.3 is 5.97 Å². The van der Waals surface area contributed by atoms with Gasteiger partial charge in [-0.25, -0.2) is 13.6 Å². The van der Waals surface area contributed by atoms with E-state index in [1.807, 2.05) is 6.20 Å². The maximum atomic E-state index is 14.4. The van der Waals surface area contributed by atoms with Crippen LogP contribution in [0.3, 0.4) is 0 Å². The Labute approximate surface area is 238 Å². The van der Waals surface area contributed by atoms with E-state index in [2.05, 4.69) is 48.3 Å². The molecular weight excluding hydrogens is 508 g/mol. The zero-order chi connectivity index (χ0) is 28.6. The molecule has 40 heavy (non-hydrogen) atoms. The van der Waals surface area contributed by atoms with E-state index < -0.39 is 24.4 Å². The van der Waals surface area contributed by atoms with Gasteiger partial charge in [-0.05, 0) is 68.4 Å². The molecule has 0 saturated carbocycles. The van der Waals surface area contributed by atoms with Crippen LogP contribution in [0.5, 0.6) is 0 Å². The Hall–Kier alpha value is -3.12. The molecule has 0 saturated heterocycles. The SMILES string of the molecule is CCCCCCCCc1ccc(-c2ccc(CCCCC(OOC(=O)c3ccccc3)C(F)C(C)F)cc2)nc1. The van der Waals surface area contributed by atoms with Crippen molar-refractivity contribution in [2.24, 2.45) is 0 Å². The Bertz CT molecular complexity index is 1100. The highest BCUT2D eigenvalue weighted by Crippen LogP contribution is 2.22. The van der Waals surface area contributed by atoms with E-state index >= 15 is 0 Å². The molecule has 3 atom stereocenters. The van der Waals surface area contributed by atoms with E-state index in [1.165, 1.54) is 44.1 Å². The molecule has 0 aliphatic carbocycles. The molecule has 1 heterocycles. The number of hydrogen-bond acceptors (Lipinski definition) is 4. The van der Waals surface area contributed by atoms with Gasteiger partial charge in [0.25, 0.3) is 0 Å². The van der Waals surface area contributed by atoms with E-state index in [0.29, 0.717) is 6.42 Å². The first-order chi connectivity index (χ1) is 19.5. The maximum Gasteiger partial charge on any atom is 0.373 e. The second-order valence-electron chi connectivity index (χ2n) is 10.5. The van der Waals surface area contributed by atoms with Crippen LogP contribution >= 0.6 is 0 Å². The highest BCUT2D eigenvalue weighted by atomic mass is 19.2. The number of aromatic nitrogens is 1. The van der Waals surface area contributed by atoms with Gasteiger partial charge in [-0.1, -0.05) is 94.0 Å². The third-order valence-electron chi connectivity index (χ3n) is 7.15. The van der Waals surface area contributed by atoms with E-state index in [0.717, 1.165) is 43.0 Å². The topological polar surface area (TPSA) is 48.4 Å². The summed E-state index contributed by atoms with van der Waals surface area (Å²) in [6.45, 7) is 3.38. The smallest absolute Gasteiger partial charge is 0.292 e. The number of carbonyl (C=O) groups excluding carboxylic acids is 1. The third kappa shape index (κ3) is 10.8. The fraction of sp³-hybridized carbons (Fsp3) is 0.471. The Morgan fingerprint density at radius 2 is 1.45 bits per heavy atom. The lowest BCUT2D eigenvalue weighted by atomic mass is 10.0. The van der Waals surface area contributed by atoms with Crippen molar-refractivity contribution >= 4 is 5.97 Å². The number of rotatable bonds is 18. The van der Waals surface area contributed by atoms with Crippen LogP contribution in [0.25, 0.3) is 11.3 Å². The monoisotopic (exact) mass is 551 g/mol. The second-order valence-corrected chi connectivity index (χ2v) is 10.5. The lowest BCUT2D eigenvalue weighted by Crippen LogP contribution is -2.33. The summed E-state index contributed by atoms with van der Waals surface area (Å²) >= 11 is 0. The van der Waals surface area contributed by atoms with Crippen molar-refractivity contribution in [1.82, 2.24) is 4.98 Å². The summed E-state index contributed by atoms with van der Waals surface area (Å²) in [7, 11) is 0. The molecule has 0 aliphatic rings. The maximum absolute atomic E-state index is 14.4. The summed E-state index contributed by atoms with van der Waals surface area (Å²) < 4.78 is 28.1. The molecule has 1 aromatic heterocycles. The lowest BCUT2D eigenvalue weighted by Gasteiger charge is -2.20. The van der Waals surface area contributed by atoms with E-state index in [-0.39, 0.29) is 12.0 Å². The number of aryl methyl sites for hydroxylation is 2. The van der Waals surface area contributed by atoms with Crippen molar-refractivity contribution in [3.8, 4) is 11.3 Å².